The van der Waals surface area contributed by atoms with Crippen LogP contribution in [0.1, 0.15) is 34.1 Å². The second-order valence-electron chi connectivity index (χ2n) is 7.10. The van der Waals surface area contributed by atoms with E-state index in [4.69, 9.17) is 14.2 Å². The Morgan fingerprint density at radius 1 is 0.806 bits per heavy atom. The van der Waals surface area contributed by atoms with Crippen molar-refractivity contribution in [3.05, 3.63) is 53.6 Å². The van der Waals surface area contributed by atoms with Gasteiger partial charge in [-0.2, -0.15) is 0 Å². The van der Waals surface area contributed by atoms with E-state index in [1.54, 1.807) is 52.3 Å². The van der Waals surface area contributed by atoms with Crippen molar-refractivity contribution in [1.29, 1.82) is 0 Å². The Balaban J connectivity index is 1.73. The molecule has 0 unspecified atom stereocenters. The van der Waals surface area contributed by atoms with Crippen LogP contribution in [0.15, 0.2) is 42.5 Å². The van der Waals surface area contributed by atoms with E-state index in [0.29, 0.717) is 61.0 Å². The molecule has 0 radical (unpaired) electrons. The Bertz CT molecular complexity index is 952. The van der Waals surface area contributed by atoms with Gasteiger partial charge in [-0.1, -0.05) is 12.1 Å². The monoisotopic (exact) mass is 426 g/mol. The maximum Gasteiger partial charge on any atom is 0.308 e. The summed E-state index contributed by atoms with van der Waals surface area (Å²) in [5.41, 5.74) is 0.811. The van der Waals surface area contributed by atoms with Crippen molar-refractivity contribution in [1.82, 2.24) is 9.80 Å². The summed E-state index contributed by atoms with van der Waals surface area (Å²) in [6.45, 7) is 3.11. The van der Waals surface area contributed by atoms with Gasteiger partial charge in [0.2, 0.25) is 0 Å². The summed E-state index contributed by atoms with van der Waals surface area (Å²) >= 11 is 0. The number of hydrogen-bond acceptors (Lipinski definition) is 6. The van der Waals surface area contributed by atoms with E-state index < -0.39 is 5.97 Å². The summed E-state index contributed by atoms with van der Waals surface area (Å²) in [7, 11) is 3.02. The van der Waals surface area contributed by atoms with Crippen LogP contribution in [0.4, 0.5) is 0 Å². The van der Waals surface area contributed by atoms with Crippen molar-refractivity contribution < 1.29 is 28.6 Å². The zero-order chi connectivity index (χ0) is 22.4. The van der Waals surface area contributed by atoms with Gasteiger partial charge >= 0.3 is 5.97 Å². The molecule has 31 heavy (non-hydrogen) atoms. The first-order valence-corrected chi connectivity index (χ1v) is 10.0. The summed E-state index contributed by atoms with van der Waals surface area (Å²) in [6.07, 6.45) is 0.637. The molecule has 8 nitrogen and oxygen atoms in total. The SMILES string of the molecule is COc1cccc(OC)c1C(=O)N1CCCN(C(=O)c2cccc(OC(C)=O)c2)CC1. The minimum atomic E-state index is -0.444. The predicted octanol–water partition coefficient (Wildman–Crippen LogP) is 2.62. The minimum absolute atomic E-state index is 0.168. The van der Waals surface area contributed by atoms with Crippen LogP contribution in [-0.2, 0) is 4.79 Å². The Kier molecular flexibility index (Phi) is 7.12. The first-order valence-electron chi connectivity index (χ1n) is 10.0. The molecule has 8 heteroatoms. The number of ether oxygens (including phenoxy) is 3. The normalized spacial score (nSPS) is 13.9. The summed E-state index contributed by atoms with van der Waals surface area (Å²) in [4.78, 5) is 40.8. The number of amides is 2. The van der Waals surface area contributed by atoms with E-state index in [1.165, 1.54) is 21.1 Å². The molecule has 0 saturated carbocycles. The fourth-order valence-corrected chi connectivity index (χ4v) is 3.58. The van der Waals surface area contributed by atoms with Crippen LogP contribution in [-0.4, -0.2) is 68.0 Å². The standard InChI is InChI=1S/C23H26N2O6/c1-16(26)31-18-8-4-7-17(15-18)22(27)24-11-6-12-25(14-13-24)23(28)21-19(29-2)9-5-10-20(21)30-3/h4-5,7-10,15H,6,11-14H2,1-3H3. The summed E-state index contributed by atoms with van der Waals surface area (Å²) in [5, 5.41) is 0. The van der Waals surface area contributed by atoms with Crippen LogP contribution >= 0.6 is 0 Å². The minimum Gasteiger partial charge on any atom is -0.496 e. The first kappa shape index (κ1) is 22.1. The van der Waals surface area contributed by atoms with Crippen LogP contribution < -0.4 is 14.2 Å². The first-order chi connectivity index (χ1) is 14.9. The predicted molar refractivity (Wildman–Crippen MR) is 114 cm³/mol. The molecule has 0 atom stereocenters. The maximum atomic E-state index is 13.2. The zero-order valence-corrected chi connectivity index (χ0v) is 17.9. The number of hydrogen-bond donors (Lipinski definition) is 0. The van der Waals surface area contributed by atoms with Gasteiger partial charge in [0, 0.05) is 38.7 Å². The molecule has 2 aromatic rings. The average molecular weight is 426 g/mol. The lowest BCUT2D eigenvalue weighted by Gasteiger charge is -2.24. The molecule has 0 aliphatic carbocycles. The number of esters is 1. The quantitative estimate of drug-likeness (QED) is 0.540. The van der Waals surface area contributed by atoms with Gasteiger partial charge < -0.3 is 24.0 Å². The van der Waals surface area contributed by atoms with Gasteiger partial charge in [0.15, 0.2) is 0 Å². The maximum absolute atomic E-state index is 13.2. The Hall–Kier alpha value is -3.55. The Labute approximate surface area is 181 Å². The second kappa shape index (κ2) is 9.97. The van der Waals surface area contributed by atoms with Crippen LogP contribution in [0.25, 0.3) is 0 Å². The molecule has 3 rings (SSSR count). The fourth-order valence-electron chi connectivity index (χ4n) is 3.58. The summed E-state index contributed by atoms with van der Waals surface area (Å²) in [5.74, 6) is 0.416. The number of methoxy groups -OCH3 is 2. The van der Waals surface area contributed by atoms with Crippen LogP contribution in [0, 0.1) is 0 Å². The lowest BCUT2D eigenvalue weighted by Crippen LogP contribution is -2.37. The van der Waals surface area contributed by atoms with Gasteiger partial charge in [-0.25, -0.2) is 0 Å². The largest absolute Gasteiger partial charge is 0.496 e. The molecule has 1 heterocycles. The van der Waals surface area contributed by atoms with E-state index in [0.717, 1.165) is 0 Å². The molecule has 0 bridgehead atoms. The highest BCUT2D eigenvalue weighted by Gasteiger charge is 2.27. The molecule has 164 valence electrons. The topological polar surface area (TPSA) is 85.4 Å². The molecular weight excluding hydrogens is 400 g/mol. The molecule has 0 aromatic heterocycles. The summed E-state index contributed by atoms with van der Waals surface area (Å²) in [6, 6.07) is 11.7. The zero-order valence-electron chi connectivity index (χ0n) is 17.9. The van der Waals surface area contributed by atoms with Gasteiger partial charge in [-0.3, -0.25) is 14.4 Å². The van der Waals surface area contributed by atoms with Gasteiger partial charge in [0.05, 0.1) is 14.2 Å². The van der Waals surface area contributed by atoms with Crippen molar-refractivity contribution in [2.75, 3.05) is 40.4 Å². The van der Waals surface area contributed by atoms with E-state index in [2.05, 4.69) is 0 Å². The highest BCUT2D eigenvalue weighted by molar-refractivity contribution is 6.00. The third-order valence-corrected chi connectivity index (χ3v) is 5.05. The molecule has 0 N–H and O–H groups in total. The second-order valence-corrected chi connectivity index (χ2v) is 7.10. The number of benzene rings is 2. The third-order valence-electron chi connectivity index (χ3n) is 5.05. The Morgan fingerprint density at radius 2 is 1.39 bits per heavy atom. The van der Waals surface area contributed by atoms with Crippen LogP contribution in [0.3, 0.4) is 0 Å². The average Bonchev–Trinajstić information content (AvgIpc) is 3.03. The van der Waals surface area contributed by atoms with Crippen molar-refractivity contribution in [3.63, 3.8) is 0 Å². The van der Waals surface area contributed by atoms with Crippen molar-refractivity contribution in [3.8, 4) is 17.2 Å². The lowest BCUT2D eigenvalue weighted by atomic mass is 10.1. The molecule has 1 aliphatic heterocycles. The van der Waals surface area contributed by atoms with Crippen LogP contribution in [0.5, 0.6) is 17.2 Å². The van der Waals surface area contributed by atoms with E-state index in [1.807, 2.05) is 0 Å². The number of nitrogens with zero attached hydrogens (tertiary/aromatic N) is 2. The van der Waals surface area contributed by atoms with Crippen molar-refractivity contribution in [2.24, 2.45) is 0 Å². The highest BCUT2D eigenvalue weighted by Crippen LogP contribution is 2.30. The highest BCUT2D eigenvalue weighted by atomic mass is 16.5. The van der Waals surface area contributed by atoms with Crippen molar-refractivity contribution in [2.45, 2.75) is 13.3 Å². The lowest BCUT2D eigenvalue weighted by molar-refractivity contribution is -0.131. The van der Waals surface area contributed by atoms with Gasteiger partial charge in [-0.15, -0.1) is 0 Å². The number of rotatable bonds is 5. The van der Waals surface area contributed by atoms with Crippen LogP contribution in [0.2, 0.25) is 0 Å². The number of carbonyl (C=O) groups excluding carboxylic acids is 3. The molecular formula is C23H26N2O6. The van der Waals surface area contributed by atoms with Gasteiger partial charge in [0.25, 0.3) is 11.8 Å². The van der Waals surface area contributed by atoms with Crippen molar-refractivity contribution >= 4 is 17.8 Å². The van der Waals surface area contributed by atoms with E-state index in [9.17, 15) is 14.4 Å². The van der Waals surface area contributed by atoms with Gasteiger partial charge in [-0.05, 0) is 36.8 Å². The molecule has 0 spiro atoms. The molecule has 1 saturated heterocycles. The Morgan fingerprint density at radius 3 is 1.97 bits per heavy atom. The van der Waals surface area contributed by atoms with E-state index >= 15 is 0 Å². The van der Waals surface area contributed by atoms with E-state index in [-0.39, 0.29) is 11.8 Å². The molecule has 2 aromatic carbocycles. The third kappa shape index (κ3) is 5.14. The molecule has 2 amide bonds. The van der Waals surface area contributed by atoms with Gasteiger partial charge in [0.1, 0.15) is 22.8 Å². The fraction of sp³-hybridized carbons (Fsp3) is 0.348. The summed E-state index contributed by atoms with van der Waals surface area (Å²) < 4.78 is 15.8. The number of carbonyl (C=O) groups is 3. The molecule has 1 aliphatic rings. The molecule has 1 fully saturated rings. The smallest absolute Gasteiger partial charge is 0.308 e.